The molecule has 0 amide bonds. The number of halogens is 15. The summed E-state index contributed by atoms with van der Waals surface area (Å²) < 4.78 is 217. The standard InChI is InChI=1S/C56H31F15N4/c57-52(58,59)36-13-7-12-32(24-36)41-19-16-35(51-73-49(30-8-3-1-4-9-30)72-50(74-51)31-10-5-2-6-11-31)27-46(41)75-47-25-33(39-22-17-37(53(60,61)62)28-44(39)55(66,67)68)14-20-42(47)43-21-15-34(26-48(43)75)40-23-18-38(54(63,64)65)29-45(40)56(69,70)71/h1-21,24-29H,22-23H2. The van der Waals surface area contributed by atoms with Crippen molar-refractivity contribution in [2.24, 2.45) is 0 Å². The quantitative estimate of drug-likeness (QED) is 0.161. The molecule has 0 saturated heterocycles. The van der Waals surface area contributed by atoms with E-state index in [0.717, 1.165) is 18.2 Å². The molecule has 0 aliphatic heterocycles. The fraction of sp³-hybridized carbons (Fsp3) is 0.125. The summed E-state index contributed by atoms with van der Waals surface area (Å²) in [4.78, 5) is 14.2. The van der Waals surface area contributed by atoms with Crippen molar-refractivity contribution in [1.82, 2.24) is 19.5 Å². The number of benzene rings is 6. The van der Waals surface area contributed by atoms with Crippen LogP contribution < -0.4 is 10.4 Å². The largest absolute Gasteiger partial charge is 0.416 e. The van der Waals surface area contributed by atoms with Gasteiger partial charge < -0.3 is 4.57 Å². The predicted molar refractivity (Wildman–Crippen MR) is 253 cm³/mol. The normalized spacial score (nSPS) is 16.5. The molecule has 0 saturated carbocycles. The van der Waals surface area contributed by atoms with Gasteiger partial charge in [0.2, 0.25) is 0 Å². The highest BCUT2D eigenvalue weighted by Crippen LogP contribution is 2.45. The average molecular weight is 1040 g/mol. The first-order chi connectivity index (χ1) is 35.3. The molecule has 2 heterocycles. The summed E-state index contributed by atoms with van der Waals surface area (Å²) in [5, 5.41) is -0.0660. The number of aromatic nitrogens is 4. The van der Waals surface area contributed by atoms with Crippen LogP contribution in [0.1, 0.15) is 18.4 Å². The topological polar surface area (TPSA) is 43.6 Å². The van der Waals surface area contributed by atoms with Crippen molar-refractivity contribution in [1.29, 1.82) is 0 Å². The van der Waals surface area contributed by atoms with Crippen LogP contribution in [0, 0.1) is 0 Å². The highest BCUT2D eigenvalue weighted by Gasteiger charge is 2.43. The van der Waals surface area contributed by atoms with Crippen molar-refractivity contribution in [3.05, 3.63) is 202 Å². The molecule has 75 heavy (non-hydrogen) atoms. The van der Waals surface area contributed by atoms with Crippen LogP contribution in [0.25, 0.3) is 83.9 Å². The summed E-state index contributed by atoms with van der Waals surface area (Å²) in [6.45, 7) is 0. The van der Waals surface area contributed by atoms with Crippen molar-refractivity contribution in [3.8, 4) is 51.0 Å². The van der Waals surface area contributed by atoms with Crippen LogP contribution in [0.3, 0.4) is 0 Å². The molecule has 2 aliphatic carbocycles. The Morgan fingerprint density at radius 1 is 0.373 bits per heavy atom. The van der Waals surface area contributed by atoms with Gasteiger partial charge in [0.25, 0.3) is 0 Å². The van der Waals surface area contributed by atoms with Gasteiger partial charge >= 0.3 is 30.9 Å². The first-order valence-corrected chi connectivity index (χ1v) is 22.5. The second-order valence-corrected chi connectivity index (χ2v) is 17.4. The van der Waals surface area contributed by atoms with E-state index in [1.54, 1.807) is 60.7 Å². The van der Waals surface area contributed by atoms with Crippen LogP contribution in [-0.2, 0) is 6.18 Å². The molecule has 0 atom stereocenters. The van der Waals surface area contributed by atoms with Gasteiger partial charge in [-0.15, -0.1) is 0 Å². The molecule has 0 unspecified atom stereocenters. The summed E-state index contributed by atoms with van der Waals surface area (Å²) in [7, 11) is 0. The third kappa shape index (κ3) is 9.85. The Labute approximate surface area is 414 Å². The number of fused-ring (bicyclic) bond motifs is 3. The minimum absolute atomic E-state index is 0.0108. The number of alkyl halides is 15. The van der Waals surface area contributed by atoms with Crippen LogP contribution in [0.4, 0.5) is 65.9 Å². The van der Waals surface area contributed by atoms with Crippen molar-refractivity contribution in [2.75, 3.05) is 0 Å². The van der Waals surface area contributed by atoms with Crippen molar-refractivity contribution in [3.63, 3.8) is 0 Å². The molecule has 0 spiro atoms. The first-order valence-electron chi connectivity index (χ1n) is 22.5. The lowest BCUT2D eigenvalue weighted by atomic mass is 9.91. The van der Waals surface area contributed by atoms with Crippen molar-refractivity contribution in [2.45, 2.75) is 43.7 Å². The van der Waals surface area contributed by atoms with Gasteiger partial charge in [0.15, 0.2) is 17.5 Å². The molecule has 10 rings (SSSR count). The SMILES string of the molecule is FC(F)(F)C1=CCC(=c2ccc3c4ccc(=C5CC=C(C(F)(F)F)C=C5C(F)(F)F)cc4n(-c4cc(-c5nc(-c6ccccc6)nc(-c6ccccc6)n5)ccc4-c4cccc(C(F)(F)F)c4)c3c2)C(C(F)(F)F)=C1. The summed E-state index contributed by atoms with van der Waals surface area (Å²) in [6, 6.07) is 33.5. The zero-order chi connectivity index (χ0) is 53.4. The maximum absolute atomic E-state index is 14.8. The smallest absolute Gasteiger partial charge is 0.309 e. The van der Waals surface area contributed by atoms with E-state index < -0.39 is 82.7 Å². The number of nitrogens with zero attached hydrogens (tertiary/aromatic N) is 4. The molecule has 8 aromatic rings. The molecule has 0 fully saturated rings. The molecule has 2 aromatic heterocycles. The monoisotopic (exact) mass is 1040 g/mol. The average Bonchev–Trinajstić information content (AvgIpc) is 3.72. The highest BCUT2D eigenvalue weighted by molar-refractivity contribution is 6.10. The molecular weight excluding hydrogens is 1010 g/mol. The van der Waals surface area contributed by atoms with Gasteiger partial charge in [-0.3, -0.25) is 0 Å². The van der Waals surface area contributed by atoms with Gasteiger partial charge in [-0.2, -0.15) is 65.9 Å². The molecular formula is C56H31F15N4. The zero-order valence-corrected chi connectivity index (χ0v) is 38.0. The Morgan fingerprint density at radius 2 is 0.813 bits per heavy atom. The Morgan fingerprint density at radius 3 is 1.24 bits per heavy atom. The lowest BCUT2D eigenvalue weighted by Crippen LogP contribution is -2.23. The van der Waals surface area contributed by atoms with Crippen LogP contribution >= 0.6 is 0 Å². The van der Waals surface area contributed by atoms with Crippen LogP contribution in [0.2, 0.25) is 0 Å². The van der Waals surface area contributed by atoms with E-state index in [2.05, 4.69) is 0 Å². The van der Waals surface area contributed by atoms with Crippen LogP contribution in [0.5, 0.6) is 0 Å². The second kappa shape index (κ2) is 18.3. The maximum Gasteiger partial charge on any atom is 0.416 e. The fourth-order valence-corrected chi connectivity index (χ4v) is 9.25. The molecule has 0 N–H and O–H groups in total. The summed E-state index contributed by atoms with van der Waals surface area (Å²) in [5.41, 5.74) is -7.40. The van der Waals surface area contributed by atoms with E-state index in [-0.39, 0.29) is 84.2 Å². The van der Waals surface area contributed by atoms with Crippen LogP contribution in [0.15, 0.2) is 186 Å². The molecule has 0 radical (unpaired) electrons. The van der Waals surface area contributed by atoms with E-state index in [1.807, 2.05) is 0 Å². The minimum Gasteiger partial charge on any atom is -0.309 e. The fourth-order valence-electron chi connectivity index (χ4n) is 9.25. The number of rotatable bonds is 5. The van der Waals surface area contributed by atoms with Gasteiger partial charge in [-0.05, 0) is 82.5 Å². The van der Waals surface area contributed by atoms with Gasteiger partial charge in [0.1, 0.15) is 0 Å². The van der Waals surface area contributed by atoms with Gasteiger partial charge in [-0.25, -0.2) is 15.0 Å². The Hall–Kier alpha value is -8.22. The number of hydrogen-bond donors (Lipinski definition) is 0. The second-order valence-electron chi connectivity index (χ2n) is 17.4. The van der Waals surface area contributed by atoms with E-state index >= 15 is 0 Å². The van der Waals surface area contributed by atoms with Gasteiger partial charge in [0, 0.05) is 33.0 Å². The summed E-state index contributed by atoms with van der Waals surface area (Å²) >= 11 is 0. The zero-order valence-electron chi connectivity index (χ0n) is 38.0. The first kappa shape index (κ1) is 50.3. The lowest BCUT2D eigenvalue weighted by Gasteiger charge is -2.21. The Kier molecular flexibility index (Phi) is 12.3. The molecule has 380 valence electrons. The number of hydrogen-bond acceptors (Lipinski definition) is 3. The van der Waals surface area contributed by atoms with Crippen LogP contribution in [-0.4, -0.2) is 44.2 Å². The maximum atomic E-state index is 14.8. The molecule has 6 aromatic carbocycles. The van der Waals surface area contributed by atoms with Crippen molar-refractivity contribution >= 4 is 33.0 Å². The summed E-state index contributed by atoms with van der Waals surface area (Å²) in [6.07, 6.45) is -26.4. The Bertz CT molecular complexity index is 3660. The molecule has 0 bridgehead atoms. The van der Waals surface area contributed by atoms with Crippen molar-refractivity contribution < 1.29 is 65.9 Å². The summed E-state index contributed by atoms with van der Waals surface area (Å²) in [5.74, 6) is 0.392. The van der Waals surface area contributed by atoms with E-state index in [0.29, 0.717) is 23.3 Å². The van der Waals surface area contributed by atoms with E-state index in [4.69, 9.17) is 15.0 Å². The van der Waals surface area contributed by atoms with Gasteiger partial charge in [-0.1, -0.05) is 121 Å². The number of allylic oxidation sites excluding steroid dienone is 8. The lowest BCUT2D eigenvalue weighted by molar-refractivity contribution is -0.137. The van der Waals surface area contributed by atoms with E-state index in [1.165, 1.54) is 65.2 Å². The molecule has 19 heteroatoms. The van der Waals surface area contributed by atoms with Gasteiger partial charge in [0.05, 0.1) is 44.6 Å². The molecule has 4 nitrogen and oxygen atoms in total. The molecule has 2 aliphatic rings. The predicted octanol–water partition coefficient (Wildman–Crippen LogP) is 15.7. The van der Waals surface area contributed by atoms with E-state index in [9.17, 15) is 65.9 Å². The third-order valence-electron chi connectivity index (χ3n) is 12.7. The highest BCUT2D eigenvalue weighted by atomic mass is 19.4. The third-order valence-corrected chi connectivity index (χ3v) is 12.7. The Balaban J connectivity index is 1.34. The minimum atomic E-state index is -5.31.